The number of hydrogen-bond donors (Lipinski definition) is 1. The predicted octanol–water partition coefficient (Wildman–Crippen LogP) is 2.12. The van der Waals surface area contributed by atoms with Crippen LogP contribution in [0.2, 0.25) is 0 Å². The van der Waals surface area contributed by atoms with E-state index >= 15 is 0 Å². The summed E-state index contributed by atoms with van der Waals surface area (Å²) in [5, 5.41) is 9.45. The third-order valence-electron chi connectivity index (χ3n) is 4.41. The number of likely N-dealkylation sites (tertiary alicyclic amines) is 1. The van der Waals surface area contributed by atoms with Crippen molar-refractivity contribution in [2.24, 2.45) is 5.41 Å². The number of carbonyl (C=O) groups excluding carboxylic acids is 1. The Morgan fingerprint density at radius 1 is 1.48 bits per heavy atom. The molecule has 0 aliphatic carbocycles. The Labute approximate surface area is 125 Å². The van der Waals surface area contributed by atoms with Gasteiger partial charge in [0.1, 0.15) is 0 Å². The summed E-state index contributed by atoms with van der Waals surface area (Å²) in [6.45, 7) is 2.89. The minimum atomic E-state index is -0.783. The van der Waals surface area contributed by atoms with Gasteiger partial charge in [0.15, 0.2) is 0 Å². The largest absolute Gasteiger partial charge is 0.481 e. The molecule has 0 spiro atoms. The van der Waals surface area contributed by atoms with Crippen molar-refractivity contribution in [1.29, 1.82) is 0 Å². The van der Waals surface area contributed by atoms with Gasteiger partial charge in [0.25, 0.3) is 0 Å². The molecule has 1 amide bonds. The monoisotopic (exact) mass is 290 g/mol. The molecule has 2 rings (SSSR count). The van der Waals surface area contributed by atoms with Gasteiger partial charge in [-0.2, -0.15) is 0 Å². The number of amides is 1. The van der Waals surface area contributed by atoms with Crippen molar-refractivity contribution in [3.63, 3.8) is 0 Å². The molecule has 1 N–H and O–H groups in total. The van der Waals surface area contributed by atoms with Crippen LogP contribution in [0, 0.1) is 5.41 Å². The molecular weight excluding hydrogens is 268 g/mol. The highest BCUT2D eigenvalue weighted by Gasteiger charge is 2.41. The highest BCUT2D eigenvalue weighted by atomic mass is 16.4. The molecule has 0 aromatic carbocycles. The summed E-state index contributed by atoms with van der Waals surface area (Å²) < 4.78 is 0. The molecule has 0 bridgehead atoms. The van der Waals surface area contributed by atoms with Crippen LogP contribution in [0.15, 0.2) is 24.5 Å². The van der Waals surface area contributed by atoms with Crippen LogP contribution in [0.5, 0.6) is 0 Å². The summed E-state index contributed by atoms with van der Waals surface area (Å²) in [5.74, 6) is -0.743. The molecule has 0 saturated carbocycles. The van der Waals surface area contributed by atoms with E-state index in [2.05, 4.69) is 4.98 Å². The van der Waals surface area contributed by atoms with E-state index in [1.807, 2.05) is 19.1 Å². The van der Waals surface area contributed by atoms with Crippen molar-refractivity contribution in [2.75, 3.05) is 13.1 Å². The Morgan fingerprint density at radius 2 is 2.29 bits per heavy atom. The van der Waals surface area contributed by atoms with Crippen LogP contribution >= 0.6 is 0 Å². The molecular formula is C16H22N2O3. The molecule has 1 aromatic rings. The van der Waals surface area contributed by atoms with Crippen LogP contribution in [-0.4, -0.2) is 40.0 Å². The minimum absolute atomic E-state index is 0.0395. The molecule has 21 heavy (non-hydrogen) atoms. The summed E-state index contributed by atoms with van der Waals surface area (Å²) in [4.78, 5) is 29.6. The minimum Gasteiger partial charge on any atom is -0.481 e. The van der Waals surface area contributed by atoms with E-state index in [0.29, 0.717) is 38.8 Å². The number of aryl methyl sites for hydroxylation is 1. The normalized spacial score (nSPS) is 22.0. The fourth-order valence-electron chi connectivity index (χ4n) is 2.91. The van der Waals surface area contributed by atoms with Gasteiger partial charge in [-0.1, -0.05) is 13.0 Å². The highest BCUT2D eigenvalue weighted by molar-refractivity contribution is 5.79. The maximum absolute atomic E-state index is 12.3. The zero-order valence-corrected chi connectivity index (χ0v) is 12.4. The lowest BCUT2D eigenvalue weighted by molar-refractivity contribution is -0.155. The molecule has 1 saturated heterocycles. The first-order chi connectivity index (χ1) is 10.1. The number of pyridine rings is 1. The third-order valence-corrected chi connectivity index (χ3v) is 4.41. The van der Waals surface area contributed by atoms with Crippen molar-refractivity contribution in [1.82, 2.24) is 9.88 Å². The molecule has 1 fully saturated rings. The Balaban J connectivity index is 1.94. The number of aliphatic carboxylic acids is 1. The Hall–Kier alpha value is -1.91. The maximum Gasteiger partial charge on any atom is 0.311 e. The number of carbonyl (C=O) groups is 2. The first kappa shape index (κ1) is 15.5. The molecule has 1 unspecified atom stereocenters. The Bertz CT molecular complexity index is 504. The van der Waals surface area contributed by atoms with Gasteiger partial charge in [0.05, 0.1) is 5.41 Å². The van der Waals surface area contributed by atoms with Crippen molar-refractivity contribution < 1.29 is 14.7 Å². The predicted molar refractivity (Wildman–Crippen MR) is 78.7 cm³/mol. The van der Waals surface area contributed by atoms with Crippen molar-refractivity contribution in [3.8, 4) is 0 Å². The number of carboxylic acids is 1. The third kappa shape index (κ3) is 3.60. The molecule has 0 radical (unpaired) electrons. The summed E-state index contributed by atoms with van der Waals surface area (Å²) in [5.41, 5.74) is 0.269. The molecule has 114 valence electrons. The van der Waals surface area contributed by atoms with Crippen LogP contribution < -0.4 is 0 Å². The number of aromatic nitrogens is 1. The van der Waals surface area contributed by atoms with Crippen LogP contribution in [0.25, 0.3) is 0 Å². The molecule has 5 nitrogen and oxygen atoms in total. The summed E-state index contributed by atoms with van der Waals surface area (Å²) in [7, 11) is 0. The van der Waals surface area contributed by atoms with Crippen molar-refractivity contribution in [2.45, 2.75) is 39.0 Å². The Morgan fingerprint density at radius 3 is 2.90 bits per heavy atom. The smallest absolute Gasteiger partial charge is 0.311 e. The van der Waals surface area contributed by atoms with Gasteiger partial charge >= 0.3 is 5.97 Å². The van der Waals surface area contributed by atoms with E-state index in [9.17, 15) is 14.7 Å². The van der Waals surface area contributed by atoms with Crippen LogP contribution in [0.4, 0.5) is 0 Å². The summed E-state index contributed by atoms with van der Waals surface area (Å²) in [6, 6.07) is 3.80. The van der Waals surface area contributed by atoms with E-state index in [0.717, 1.165) is 12.0 Å². The standard InChI is InChI=1S/C16H22N2O3/c1-2-16(15(20)21)8-4-10-18(12-16)14(19)7-6-13-5-3-9-17-11-13/h3,5,9,11H,2,4,6-8,10,12H2,1H3,(H,20,21). The molecule has 1 aliphatic heterocycles. The van der Waals surface area contributed by atoms with E-state index < -0.39 is 11.4 Å². The number of hydrogen-bond acceptors (Lipinski definition) is 3. The van der Waals surface area contributed by atoms with Gasteiger partial charge < -0.3 is 10.0 Å². The van der Waals surface area contributed by atoms with Gasteiger partial charge in [0, 0.05) is 31.9 Å². The number of carboxylic acid groups (broad SMARTS) is 1. The van der Waals surface area contributed by atoms with E-state index in [-0.39, 0.29) is 5.91 Å². The van der Waals surface area contributed by atoms with Gasteiger partial charge in [0.2, 0.25) is 5.91 Å². The summed E-state index contributed by atoms with van der Waals surface area (Å²) in [6.07, 6.45) is 6.51. The van der Waals surface area contributed by atoms with Crippen LogP contribution in [-0.2, 0) is 16.0 Å². The van der Waals surface area contributed by atoms with Gasteiger partial charge in [-0.05, 0) is 37.3 Å². The molecule has 5 heteroatoms. The molecule has 1 aromatic heterocycles. The SMILES string of the molecule is CCC1(C(=O)O)CCCN(C(=O)CCc2cccnc2)C1. The van der Waals surface area contributed by atoms with Crippen LogP contribution in [0.1, 0.15) is 38.2 Å². The zero-order valence-electron chi connectivity index (χ0n) is 12.4. The lowest BCUT2D eigenvalue weighted by Crippen LogP contribution is -2.49. The van der Waals surface area contributed by atoms with E-state index in [4.69, 9.17) is 0 Å². The van der Waals surface area contributed by atoms with E-state index in [1.165, 1.54) is 0 Å². The number of piperidine rings is 1. The second-order valence-electron chi connectivity index (χ2n) is 5.72. The first-order valence-corrected chi connectivity index (χ1v) is 7.47. The quantitative estimate of drug-likeness (QED) is 0.901. The average molecular weight is 290 g/mol. The van der Waals surface area contributed by atoms with Gasteiger partial charge in [-0.25, -0.2) is 0 Å². The zero-order chi connectivity index (χ0) is 15.3. The molecule has 1 atom stereocenters. The number of rotatable bonds is 5. The van der Waals surface area contributed by atoms with Crippen molar-refractivity contribution >= 4 is 11.9 Å². The fourth-order valence-corrected chi connectivity index (χ4v) is 2.91. The summed E-state index contributed by atoms with van der Waals surface area (Å²) >= 11 is 0. The second kappa shape index (κ2) is 6.70. The topological polar surface area (TPSA) is 70.5 Å². The van der Waals surface area contributed by atoms with Crippen LogP contribution in [0.3, 0.4) is 0 Å². The first-order valence-electron chi connectivity index (χ1n) is 7.47. The lowest BCUT2D eigenvalue weighted by atomic mass is 9.77. The van der Waals surface area contributed by atoms with Crippen molar-refractivity contribution in [3.05, 3.63) is 30.1 Å². The number of nitrogens with zero attached hydrogens (tertiary/aromatic N) is 2. The fraction of sp³-hybridized carbons (Fsp3) is 0.562. The maximum atomic E-state index is 12.3. The van der Waals surface area contributed by atoms with E-state index in [1.54, 1.807) is 17.3 Å². The average Bonchev–Trinajstić information content (AvgIpc) is 2.53. The van der Waals surface area contributed by atoms with Gasteiger partial charge in [-0.3, -0.25) is 14.6 Å². The molecule has 1 aliphatic rings. The lowest BCUT2D eigenvalue weighted by Gasteiger charge is -2.39. The second-order valence-corrected chi connectivity index (χ2v) is 5.72. The molecule has 2 heterocycles. The van der Waals surface area contributed by atoms with Gasteiger partial charge in [-0.15, -0.1) is 0 Å². The highest BCUT2D eigenvalue weighted by Crippen LogP contribution is 2.33. The Kier molecular flexibility index (Phi) is 4.94.